The van der Waals surface area contributed by atoms with Crippen molar-refractivity contribution in [3.05, 3.63) is 57.6 Å². The van der Waals surface area contributed by atoms with E-state index in [9.17, 15) is 4.79 Å². The first-order valence-corrected chi connectivity index (χ1v) is 7.65. The highest BCUT2D eigenvalue weighted by Gasteiger charge is 2.16. The van der Waals surface area contributed by atoms with Crippen molar-refractivity contribution in [3.8, 4) is 0 Å². The summed E-state index contributed by atoms with van der Waals surface area (Å²) in [4.78, 5) is 22.6. The van der Waals surface area contributed by atoms with Gasteiger partial charge in [-0.3, -0.25) is 4.79 Å². The quantitative estimate of drug-likeness (QED) is 0.741. The molecule has 0 aliphatic carbocycles. The van der Waals surface area contributed by atoms with Gasteiger partial charge in [0.2, 0.25) is 0 Å². The molecule has 0 radical (unpaired) electrons. The zero-order valence-corrected chi connectivity index (χ0v) is 12.9. The summed E-state index contributed by atoms with van der Waals surface area (Å²) in [7, 11) is 1.73. The van der Waals surface area contributed by atoms with E-state index in [2.05, 4.69) is 9.97 Å². The molecular formula is C15H12ClN3OS. The second-order valence-electron chi connectivity index (χ2n) is 4.65. The highest BCUT2D eigenvalue weighted by Crippen LogP contribution is 2.23. The first kappa shape index (κ1) is 14.0. The predicted octanol–water partition coefficient (Wildman–Crippen LogP) is 3.62. The Morgan fingerprint density at radius 3 is 2.95 bits per heavy atom. The number of benzene rings is 1. The maximum atomic E-state index is 12.4. The van der Waals surface area contributed by atoms with Gasteiger partial charge in [-0.05, 0) is 12.1 Å². The minimum absolute atomic E-state index is 0.171. The van der Waals surface area contributed by atoms with Gasteiger partial charge in [-0.15, -0.1) is 11.3 Å². The fourth-order valence-corrected chi connectivity index (χ4v) is 2.88. The van der Waals surface area contributed by atoms with Crippen LogP contribution in [0.15, 0.2) is 41.2 Å². The summed E-state index contributed by atoms with van der Waals surface area (Å²) in [6.07, 6.45) is 0. The molecule has 0 unspecified atom stereocenters. The Kier molecular flexibility index (Phi) is 3.86. The molecule has 6 heteroatoms. The van der Waals surface area contributed by atoms with Crippen LogP contribution in [-0.4, -0.2) is 27.8 Å². The van der Waals surface area contributed by atoms with Gasteiger partial charge in [-0.1, -0.05) is 29.8 Å². The fourth-order valence-electron chi connectivity index (χ4n) is 2.07. The van der Waals surface area contributed by atoms with E-state index in [4.69, 9.17) is 11.6 Å². The van der Waals surface area contributed by atoms with Crippen molar-refractivity contribution in [2.45, 2.75) is 6.54 Å². The highest BCUT2D eigenvalue weighted by molar-refractivity contribution is 7.07. The standard InChI is InChI=1S/C15H12ClN3OS/c1-19(7-10-8-21-9-17-10)15(20)14-6-12(16)11-4-2-3-5-13(11)18-14/h2-6,8-9H,7H2,1H3. The van der Waals surface area contributed by atoms with Crippen molar-refractivity contribution >= 4 is 39.7 Å². The Balaban J connectivity index is 1.90. The van der Waals surface area contributed by atoms with Crippen molar-refractivity contribution in [1.82, 2.24) is 14.9 Å². The van der Waals surface area contributed by atoms with Crippen molar-refractivity contribution in [1.29, 1.82) is 0 Å². The minimum Gasteiger partial charge on any atom is -0.334 e. The number of carbonyl (C=O) groups excluding carboxylic acids is 1. The Morgan fingerprint density at radius 2 is 2.19 bits per heavy atom. The first-order valence-electron chi connectivity index (χ1n) is 6.33. The number of rotatable bonds is 3. The number of halogens is 1. The maximum Gasteiger partial charge on any atom is 0.272 e. The van der Waals surface area contributed by atoms with Gasteiger partial charge in [-0.25, -0.2) is 9.97 Å². The van der Waals surface area contributed by atoms with Crippen molar-refractivity contribution < 1.29 is 4.79 Å². The monoisotopic (exact) mass is 317 g/mol. The van der Waals surface area contributed by atoms with E-state index in [0.717, 1.165) is 16.6 Å². The lowest BCUT2D eigenvalue weighted by Gasteiger charge is -2.16. The average Bonchev–Trinajstić information content (AvgIpc) is 2.99. The second kappa shape index (κ2) is 5.79. The summed E-state index contributed by atoms with van der Waals surface area (Å²) in [5.41, 5.74) is 3.67. The normalized spacial score (nSPS) is 10.8. The number of hydrogen-bond acceptors (Lipinski definition) is 4. The molecule has 0 N–H and O–H groups in total. The number of carbonyl (C=O) groups is 1. The molecule has 3 aromatic rings. The number of aromatic nitrogens is 2. The molecule has 0 bridgehead atoms. The van der Waals surface area contributed by atoms with Gasteiger partial charge < -0.3 is 4.90 Å². The number of fused-ring (bicyclic) bond motifs is 1. The molecule has 0 fully saturated rings. The topological polar surface area (TPSA) is 46.1 Å². The molecule has 0 aliphatic rings. The van der Waals surface area contributed by atoms with Gasteiger partial charge in [-0.2, -0.15) is 0 Å². The second-order valence-corrected chi connectivity index (χ2v) is 5.77. The van der Waals surface area contributed by atoms with Crippen LogP contribution in [0.3, 0.4) is 0 Å². The lowest BCUT2D eigenvalue weighted by Crippen LogP contribution is -2.27. The first-order chi connectivity index (χ1) is 10.1. The van der Waals surface area contributed by atoms with Crippen molar-refractivity contribution in [2.24, 2.45) is 0 Å². The van der Waals surface area contributed by atoms with Crippen LogP contribution in [-0.2, 0) is 6.54 Å². The molecule has 2 heterocycles. The van der Waals surface area contributed by atoms with Gasteiger partial charge >= 0.3 is 0 Å². The van der Waals surface area contributed by atoms with E-state index in [1.807, 2.05) is 29.6 Å². The summed E-state index contributed by atoms with van der Waals surface area (Å²) in [5, 5.41) is 3.30. The van der Waals surface area contributed by atoms with Crippen LogP contribution < -0.4 is 0 Å². The SMILES string of the molecule is CN(Cc1cscn1)C(=O)c1cc(Cl)c2ccccc2n1. The van der Waals surface area contributed by atoms with Crippen LogP contribution in [0.5, 0.6) is 0 Å². The number of amides is 1. The number of para-hydroxylation sites is 1. The lowest BCUT2D eigenvalue weighted by atomic mass is 10.2. The zero-order valence-electron chi connectivity index (χ0n) is 11.3. The smallest absolute Gasteiger partial charge is 0.272 e. The Morgan fingerprint density at radius 1 is 1.38 bits per heavy atom. The number of hydrogen-bond donors (Lipinski definition) is 0. The molecule has 3 rings (SSSR count). The Hall–Kier alpha value is -1.98. The molecule has 1 aromatic carbocycles. The highest BCUT2D eigenvalue weighted by atomic mass is 35.5. The summed E-state index contributed by atoms with van der Waals surface area (Å²) in [5.74, 6) is -0.171. The molecule has 21 heavy (non-hydrogen) atoms. The van der Waals surface area contributed by atoms with Crippen LogP contribution >= 0.6 is 22.9 Å². The Labute approximate surface area is 131 Å². The van der Waals surface area contributed by atoms with E-state index in [0.29, 0.717) is 17.3 Å². The fraction of sp³-hybridized carbons (Fsp3) is 0.133. The number of thiazole rings is 1. The van der Waals surface area contributed by atoms with Crippen LogP contribution in [0.4, 0.5) is 0 Å². The third-order valence-electron chi connectivity index (χ3n) is 3.11. The molecule has 0 atom stereocenters. The van der Waals surface area contributed by atoms with Crippen molar-refractivity contribution in [2.75, 3.05) is 7.05 Å². The van der Waals surface area contributed by atoms with Gasteiger partial charge in [0.15, 0.2) is 0 Å². The van der Waals surface area contributed by atoms with E-state index >= 15 is 0 Å². The maximum absolute atomic E-state index is 12.4. The van der Waals surface area contributed by atoms with E-state index in [1.165, 1.54) is 11.3 Å². The van der Waals surface area contributed by atoms with Crippen LogP contribution in [0.1, 0.15) is 16.2 Å². The van der Waals surface area contributed by atoms with Gasteiger partial charge in [0.05, 0.1) is 28.3 Å². The third kappa shape index (κ3) is 2.89. The van der Waals surface area contributed by atoms with Gasteiger partial charge in [0.1, 0.15) is 5.69 Å². The summed E-state index contributed by atoms with van der Waals surface area (Å²) in [6, 6.07) is 9.12. The lowest BCUT2D eigenvalue weighted by molar-refractivity contribution is 0.0778. The van der Waals surface area contributed by atoms with Gasteiger partial charge in [0.25, 0.3) is 5.91 Å². The summed E-state index contributed by atoms with van der Waals surface area (Å²) >= 11 is 7.74. The van der Waals surface area contributed by atoms with Crippen LogP contribution in [0.25, 0.3) is 10.9 Å². The molecule has 0 saturated heterocycles. The number of pyridine rings is 1. The molecule has 0 saturated carbocycles. The average molecular weight is 318 g/mol. The number of nitrogens with zero attached hydrogens (tertiary/aromatic N) is 3. The van der Waals surface area contributed by atoms with Gasteiger partial charge in [0, 0.05) is 17.8 Å². The third-order valence-corrected chi connectivity index (χ3v) is 4.06. The van der Waals surface area contributed by atoms with Crippen LogP contribution in [0, 0.1) is 0 Å². The summed E-state index contributed by atoms with van der Waals surface area (Å²) < 4.78 is 0. The van der Waals surface area contributed by atoms with Crippen molar-refractivity contribution in [3.63, 3.8) is 0 Å². The zero-order chi connectivity index (χ0) is 14.8. The van der Waals surface area contributed by atoms with E-state index < -0.39 is 0 Å². The largest absolute Gasteiger partial charge is 0.334 e. The predicted molar refractivity (Wildman–Crippen MR) is 84.7 cm³/mol. The molecule has 0 aliphatic heterocycles. The summed E-state index contributed by atoms with van der Waals surface area (Å²) in [6.45, 7) is 0.453. The molecular weight excluding hydrogens is 306 g/mol. The molecule has 1 amide bonds. The molecule has 106 valence electrons. The molecule has 2 aromatic heterocycles. The van der Waals surface area contributed by atoms with E-state index in [-0.39, 0.29) is 5.91 Å². The molecule has 0 spiro atoms. The van der Waals surface area contributed by atoms with Crippen LogP contribution in [0.2, 0.25) is 5.02 Å². The molecule has 4 nitrogen and oxygen atoms in total. The van der Waals surface area contributed by atoms with E-state index in [1.54, 1.807) is 23.5 Å². The minimum atomic E-state index is -0.171. The Bertz CT molecular complexity index is 789.